The predicted molar refractivity (Wildman–Crippen MR) is 195 cm³/mol. The van der Waals surface area contributed by atoms with E-state index in [1.807, 2.05) is 129 Å². The Balaban J connectivity index is 1.50. The van der Waals surface area contributed by atoms with E-state index in [1.165, 1.54) is 6.07 Å². The molecule has 7 rings (SSSR count). The van der Waals surface area contributed by atoms with Crippen LogP contribution < -0.4 is 9.80 Å². The van der Waals surface area contributed by atoms with E-state index in [-0.39, 0.29) is 0 Å². The third kappa shape index (κ3) is 6.63. The van der Waals surface area contributed by atoms with Gasteiger partial charge in [0.1, 0.15) is 0 Å². The van der Waals surface area contributed by atoms with Crippen LogP contribution in [0.4, 0.5) is 51.7 Å². The number of rotatable bonds is 7. The molecule has 1 aliphatic heterocycles. The van der Waals surface area contributed by atoms with Crippen LogP contribution in [0.15, 0.2) is 142 Å². The molecule has 0 aliphatic carbocycles. The molecule has 0 aromatic heterocycles. The number of anilines is 6. The minimum absolute atomic E-state index is 0.335. The van der Waals surface area contributed by atoms with Crippen LogP contribution in [0, 0.1) is 13.8 Å². The number of aryl methyl sites for hydroxylation is 2. The van der Waals surface area contributed by atoms with Crippen molar-refractivity contribution in [3.8, 4) is 11.1 Å². The maximum atomic E-state index is 14.8. The Morgan fingerprint density at radius 1 is 0.429 bits per heavy atom. The highest BCUT2D eigenvalue weighted by Crippen LogP contribution is 2.52. The van der Waals surface area contributed by atoms with Gasteiger partial charge in [-0.3, -0.25) is 0 Å². The average molecular weight is 788 g/mol. The topological polar surface area (TPSA) is 15.7 Å². The van der Waals surface area contributed by atoms with Crippen molar-refractivity contribution >= 4 is 66.0 Å². The van der Waals surface area contributed by atoms with E-state index in [0.29, 0.717) is 11.1 Å². The fourth-order valence-electron chi connectivity index (χ4n) is 5.97. The smallest absolute Gasteiger partial charge is 0.310 e. The molecule has 0 atom stereocenters. The van der Waals surface area contributed by atoms with Crippen LogP contribution in [0.25, 0.3) is 11.1 Å². The van der Waals surface area contributed by atoms with E-state index in [4.69, 9.17) is 0 Å². The van der Waals surface area contributed by atoms with E-state index in [9.17, 15) is 17.6 Å². The second-order valence-corrected chi connectivity index (χ2v) is 13.8. The molecule has 0 spiro atoms. The van der Waals surface area contributed by atoms with Crippen molar-refractivity contribution < 1.29 is 22.3 Å². The quantitative estimate of drug-likeness (QED) is 0.150. The van der Waals surface area contributed by atoms with Crippen molar-refractivity contribution in [1.29, 1.82) is 0 Å². The highest BCUT2D eigenvalue weighted by Gasteiger charge is 2.57. The number of fused-ring (bicyclic) bond motifs is 1. The van der Waals surface area contributed by atoms with E-state index < -0.39 is 23.3 Å². The highest BCUT2D eigenvalue weighted by molar-refractivity contribution is 9.10. The van der Waals surface area contributed by atoms with Crippen LogP contribution in [0.1, 0.15) is 22.3 Å². The summed E-state index contributed by atoms with van der Waals surface area (Å²) in [4.78, 5) is 4.15. The van der Waals surface area contributed by atoms with Crippen molar-refractivity contribution in [2.24, 2.45) is 0 Å². The third-order valence-corrected chi connectivity index (χ3v) is 9.47. The van der Waals surface area contributed by atoms with Gasteiger partial charge in [-0.1, -0.05) is 73.3 Å². The summed E-state index contributed by atoms with van der Waals surface area (Å²) in [5, 5.41) is 0. The first-order valence-electron chi connectivity index (χ1n) is 15.4. The highest BCUT2D eigenvalue weighted by atomic mass is 79.9. The van der Waals surface area contributed by atoms with Gasteiger partial charge in [0.15, 0.2) is 0 Å². The molecule has 246 valence electrons. The van der Waals surface area contributed by atoms with Gasteiger partial charge < -0.3 is 9.80 Å². The Morgan fingerprint density at radius 3 is 1.24 bits per heavy atom. The van der Waals surface area contributed by atoms with Gasteiger partial charge in [-0.25, -0.2) is 4.74 Å². The molecule has 1 heterocycles. The second-order valence-electron chi connectivity index (χ2n) is 11.9. The first kappa shape index (κ1) is 33.1. The number of hydrogen-bond acceptors (Lipinski definition) is 3. The summed E-state index contributed by atoms with van der Waals surface area (Å²) in [6, 6.07) is 41.3. The number of hydrogen-bond donors (Lipinski definition) is 0. The molecule has 6 aromatic rings. The largest absolute Gasteiger partial charge is 0.388 e. The molecule has 0 fully saturated rings. The van der Waals surface area contributed by atoms with E-state index >= 15 is 0 Å². The molecule has 0 bridgehead atoms. The lowest BCUT2D eigenvalue weighted by molar-refractivity contribution is -0.369. The summed E-state index contributed by atoms with van der Waals surface area (Å²) >= 11 is 7.07. The molecular formula is C40H28Br2F4N2O. The number of nitrogens with zero attached hydrogens (tertiary/aromatic N) is 2. The summed E-state index contributed by atoms with van der Waals surface area (Å²) in [5.74, 6) is 0. The molecule has 1 aliphatic rings. The third-order valence-electron chi connectivity index (χ3n) is 8.41. The van der Waals surface area contributed by atoms with E-state index in [1.54, 1.807) is 0 Å². The zero-order valence-electron chi connectivity index (χ0n) is 26.3. The Hall–Kier alpha value is -4.44. The molecule has 0 amide bonds. The van der Waals surface area contributed by atoms with Crippen LogP contribution in [-0.2, 0) is 17.0 Å². The lowest BCUT2D eigenvalue weighted by Gasteiger charge is -2.30. The Morgan fingerprint density at radius 2 is 0.816 bits per heavy atom. The number of alkyl halides is 4. The maximum Gasteiger partial charge on any atom is 0.388 e. The first-order chi connectivity index (χ1) is 23.4. The van der Waals surface area contributed by atoms with Gasteiger partial charge in [-0.2, -0.15) is 17.6 Å². The molecule has 49 heavy (non-hydrogen) atoms. The molecule has 0 saturated heterocycles. The molecule has 6 aromatic carbocycles. The van der Waals surface area contributed by atoms with Crippen molar-refractivity contribution in [1.82, 2.24) is 0 Å². The number of benzene rings is 6. The Bertz CT molecular complexity index is 1930. The van der Waals surface area contributed by atoms with Gasteiger partial charge in [-0.05, 0) is 128 Å². The second kappa shape index (κ2) is 12.8. The van der Waals surface area contributed by atoms with Crippen molar-refractivity contribution in [3.05, 3.63) is 165 Å². The normalized spacial score (nSPS) is 14.4. The number of halogens is 6. The maximum absolute atomic E-state index is 14.8. The minimum Gasteiger partial charge on any atom is -0.310 e. The van der Waals surface area contributed by atoms with Crippen LogP contribution >= 0.6 is 31.9 Å². The van der Waals surface area contributed by atoms with Gasteiger partial charge in [0.25, 0.3) is 0 Å². The minimum atomic E-state index is -4.15. The van der Waals surface area contributed by atoms with Crippen LogP contribution in [-0.4, -0.2) is 0 Å². The monoisotopic (exact) mass is 786 g/mol. The molecule has 0 unspecified atom stereocenters. The van der Waals surface area contributed by atoms with Crippen LogP contribution in [0.3, 0.4) is 0 Å². The van der Waals surface area contributed by atoms with Crippen molar-refractivity contribution in [2.45, 2.75) is 26.1 Å². The molecule has 0 radical (unpaired) electrons. The van der Waals surface area contributed by atoms with Gasteiger partial charge in [-0.15, -0.1) is 0 Å². The number of ether oxygens (including phenoxy) is 1. The summed E-state index contributed by atoms with van der Waals surface area (Å²) < 4.78 is 64.3. The lowest BCUT2D eigenvalue weighted by atomic mass is 9.97. The molecule has 3 nitrogen and oxygen atoms in total. The van der Waals surface area contributed by atoms with Gasteiger partial charge >= 0.3 is 12.2 Å². The first-order valence-corrected chi connectivity index (χ1v) is 17.0. The van der Waals surface area contributed by atoms with Crippen molar-refractivity contribution in [2.75, 3.05) is 9.80 Å². The fraction of sp³-hybridized carbons (Fsp3) is 0.100. The summed E-state index contributed by atoms with van der Waals surface area (Å²) in [6.45, 7) is 4.04. The molecule has 9 heteroatoms. The molecule has 0 saturated carbocycles. The zero-order chi connectivity index (χ0) is 34.5. The summed E-state index contributed by atoms with van der Waals surface area (Å²) in [7, 11) is 0. The predicted octanol–water partition coefficient (Wildman–Crippen LogP) is 13.6. The van der Waals surface area contributed by atoms with Crippen LogP contribution in [0.2, 0.25) is 0 Å². The van der Waals surface area contributed by atoms with Gasteiger partial charge in [0.05, 0.1) is 11.1 Å². The Kier molecular flexibility index (Phi) is 8.63. The molecular weight excluding hydrogens is 760 g/mol. The lowest BCUT2D eigenvalue weighted by Crippen LogP contribution is -2.17. The van der Waals surface area contributed by atoms with E-state index in [2.05, 4.69) is 46.4 Å². The summed E-state index contributed by atoms with van der Waals surface area (Å²) in [5.41, 5.74) is 6.27. The van der Waals surface area contributed by atoms with Crippen LogP contribution in [0.5, 0.6) is 0 Å². The van der Waals surface area contributed by atoms with Gasteiger partial charge in [0.2, 0.25) is 0 Å². The molecule has 0 N–H and O–H groups in total. The zero-order valence-corrected chi connectivity index (χ0v) is 29.4. The van der Waals surface area contributed by atoms with Gasteiger partial charge in [0, 0.05) is 43.1 Å². The Labute approximate surface area is 298 Å². The van der Waals surface area contributed by atoms with E-state index in [0.717, 1.165) is 66.3 Å². The standard InChI is InChI=1S/C40H28Br2F4N2O/c1-25-3-12-31(13-4-25)47(32-14-5-26(2)6-15-32)35-21-28(27-7-20-37-38(23-27)40(45,46)49-39(37,43)44)22-36(24-35)48(33-16-8-29(41)9-17-33)34-18-10-30(42)11-19-34/h3-24H,1-2H3. The summed E-state index contributed by atoms with van der Waals surface area (Å²) in [6.07, 6.45) is -8.25. The SMILES string of the molecule is Cc1ccc(N(c2ccc(C)cc2)c2cc(-c3ccc4c(c3)C(F)(F)OC4(F)F)cc(N(c3ccc(Br)cc3)c3ccc(Br)cc3)c2)cc1. The van der Waals surface area contributed by atoms with Crippen molar-refractivity contribution in [3.63, 3.8) is 0 Å². The average Bonchev–Trinajstić information content (AvgIpc) is 3.27. The fourth-order valence-corrected chi connectivity index (χ4v) is 6.50.